The van der Waals surface area contributed by atoms with Crippen molar-refractivity contribution in [2.75, 3.05) is 0 Å². The van der Waals surface area contributed by atoms with Gasteiger partial charge in [-0.2, -0.15) is 5.10 Å². The van der Waals surface area contributed by atoms with Crippen molar-refractivity contribution in [1.82, 2.24) is 15.1 Å². The molecule has 0 radical (unpaired) electrons. The first-order valence-electron chi connectivity index (χ1n) is 8.67. The first kappa shape index (κ1) is 17.0. The number of rotatable bonds is 5. The number of aliphatic hydroxyl groups excluding tert-OH is 1. The first-order valence-corrected chi connectivity index (χ1v) is 8.67. The topological polar surface area (TPSA) is 59.3 Å². The number of benzene rings is 1. The third-order valence-electron chi connectivity index (χ3n) is 4.97. The van der Waals surface area contributed by atoms with Crippen molar-refractivity contribution >= 4 is 0 Å². The highest BCUT2D eigenvalue weighted by molar-refractivity contribution is 5.27. The van der Waals surface area contributed by atoms with E-state index in [4.69, 9.17) is 4.74 Å². The third-order valence-corrected chi connectivity index (χ3v) is 4.97. The van der Waals surface area contributed by atoms with Crippen molar-refractivity contribution in [3.63, 3.8) is 0 Å². The van der Waals surface area contributed by atoms with Crippen LogP contribution in [-0.2, 0) is 13.6 Å². The Kier molecular flexibility index (Phi) is 5.21. The lowest BCUT2D eigenvalue weighted by Crippen LogP contribution is -2.50. The lowest BCUT2D eigenvalue weighted by atomic mass is 9.89. The number of hydrogen-bond donors (Lipinski definition) is 2. The Bertz CT molecular complexity index is 683. The largest absolute Gasteiger partial charge is 0.488 e. The smallest absolute Gasteiger partial charge is 0.126 e. The Morgan fingerprint density at radius 1 is 1.33 bits per heavy atom. The SMILES string of the molecule is Cc1cccc(O[C@@H]2CCC[C@H](NCc3cnn(C)c3C)[C@H]2O)c1. The van der Waals surface area contributed by atoms with E-state index in [0.717, 1.165) is 37.3 Å². The quantitative estimate of drug-likeness (QED) is 0.885. The minimum atomic E-state index is -0.503. The summed E-state index contributed by atoms with van der Waals surface area (Å²) in [5.41, 5.74) is 3.49. The van der Waals surface area contributed by atoms with Crippen molar-refractivity contribution < 1.29 is 9.84 Å². The zero-order valence-electron chi connectivity index (χ0n) is 14.7. The molecule has 1 aliphatic rings. The third kappa shape index (κ3) is 3.79. The van der Waals surface area contributed by atoms with E-state index in [9.17, 15) is 5.11 Å². The minimum Gasteiger partial charge on any atom is -0.488 e. The summed E-state index contributed by atoms with van der Waals surface area (Å²) in [4.78, 5) is 0. The molecular weight excluding hydrogens is 302 g/mol. The zero-order chi connectivity index (χ0) is 17.1. The molecule has 0 amide bonds. The maximum absolute atomic E-state index is 10.7. The summed E-state index contributed by atoms with van der Waals surface area (Å²) < 4.78 is 7.93. The van der Waals surface area contributed by atoms with Gasteiger partial charge in [-0.05, 0) is 50.8 Å². The first-order chi connectivity index (χ1) is 11.5. The second-order valence-corrected chi connectivity index (χ2v) is 6.76. The normalized spacial score (nSPS) is 24.1. The fraction of sp³-hybridized carbons (Fsp3) is 0.526. The van der Waals surface area contributed by atoms with Gasteiger partial charge in [0.05, 0.1) is 6.20 Å². The van der Waals surface area contributed by atoms with Crippen molar-refractivity contribution in [2.24, 2.45) is 7.05 Å². The van der Waals surface area contributed by atoms with Gasteiger partial charge >= 0.3 is 0 Å². The summed E-state index contributed by atoms with van der Waals surface area (Å²) in [5, 5.41) is 18.5. The zero-order valence-corrected chi connectivity index (χ0v) is 14.7. The average Bonchev–Trinajstić information content (AvgIpc) is 2.88. The number of aliphatic hydroxyl groups is 1. The standard InChI is InChI=1S/C19H27N3O2/c1-13-6-4-7-16(10-13)24-18-9-5-8-17(19(18)23)20-11-15-12-21-22(3)14(15)2/h4,6-7,10,12,17-20,23H,5,8-9,11H2,1-3H3/t17-,18+,19+/m0/s1. The number of aryl methyl sites for hydroxylation is 2. The highest BCUT2D eigenvalue weighted by atomic mass is 16.5. The monoisotopic (exact) mass is 329 g/mol. The van der Waals surface area contributed by atoms with Crippen LogP contribution >= 0.6 is 0 Å². The second-order valence-electron chi connectivity index (χ2n) is 6.76. The molecule has 0 aliphatic heterocycles. The molecule has 5 heteroatoms. The van der Waals surface area contributed by atoms with Crippen LogP contribution in [0, 0.1) is 13.8 Å². The molecule has 130 valence electrons. The van der Waals surface area contributed by atoms with E-state index in [1.54, 1.807) is 0 Å². The van der Waals surface area contributed by atoms with E-state index in [-0.39, 0.29) is 12.1 Å². The molecule has 1 aromatic carbocycles. The fourth-order valence-corrected chi connectivity index (χ4v) is 3.31. The van der Waals surface area contributed by atoms with Gasteiger partial charge < -0.3 is 15.2 Å². The molecule has 2 aromatic rings. The number of aromatic nitrogens is 2. The second kappa shape index (κ2) is 7.36. The predicted octanol–water partition coefficient (Wildman–Crippen LogP) is 2.49. The lowest BCUT2D eigenvalue weighted by Gasteiger charge is -2.35. The van der Waals surface area contributed by atoms with Gasteiger partial charge in [-0.25, -0.2) is 0 Å². The van der Waals surface area contributed by atoms with E-state index in [1.165, 1.54) is 11.1 Å². The number of hydrogen-bond acceptors (Lipinski definition) is 4. The van der Waals surface area contributed by atoms with Gasteiger partial charge in [0.2, 0.25) is 0 Å². The molecule has 0 bridgehead atoms. The highest BCUT2D eigenvalue weighted by Gasteiger charge is 2.33. The Labute approximate surface area is 143 Å². The van der Waals surface area contributed by atoms with Crippen LogP contribution in [0.3, 0.4) is 0 Å². The molecule has 1 saturated carbocycles. The average molecular weight is 329 g/mol. The van der Waals surface area contributed by atoms with Crippen LogP contribution in [0.15, 0.2) is 30.5 Å². The molecule has 3 rings (SSSR count). The van der Waals surface area contributed by atoms with Crippen LogP contribution in [0.25, 0.3) is 0 Å². The van der Waals surface area contributed by atoms with Crippen molar-refractivity contribution in [1.29, 1.82) is 0 Å². The summed E-state index contributed by atoms with van der Waals surface area (Å²) in [7, 11) is 1.94. The summed E-state index contributed by atoms with van der Waals surface area (Å²) in [6.07, 6.45) is 4.13. The van der Waals surface area contributed by atoms with Gasteiger partial charge in [0.15, 0.2) is 0 Å². The number of nitrogens with zero attached hydrogens (tertiary/aromatic N) is 2. The lowest BCUT2D eigenvalue weighted by molar-refractivity contribution is -0.0157. The molecule has 1 fully saturated rings. The summed E-state index contributed by atoms with van der Waals surface area (Å²) in [5.74, 6) is 0.836. The highest BCUT2D eigenvalue weighted by Crippen LogP contribution is 2.25. The van der Waals surface area contributed by atoms with E-state index in [0.29, 0.717) is 0 Å². The maximum Gasteiger partial charge on any atom is 0.126 e. The van der Waals surface area contributed by atoms with E-state index >= 15 is 0 Å². The molecule has 0 unspecified atom stereocenters. The molecular formula is C19H27N3O2. The van der Waals surface area contributed by atoms with Crippen LogP contribution in [0.5, 0.6) is 5.75 Å². The molecule has 0 spiro atoms. The fourth-order valence-electron chi connectivity index (χ4n) is 3.31. The molecule has 5 nitrogen and oxygen atoms in total. The van der Waals surface area contributed by atoms with E-state index in [1.807, 2.05) is 49.1 Å². The van der Waals surface area contributed by atoms with Gasteiger partial charge in [0.25, 0.3) is 0 Å². The summed E-state index contributed by atoms with van der Waals surface area (Å²) in [6.45, 7) is 4.83. The number of ether oxygens (including phenoxy) is 1. The van der Waals surface area contributed by atoms with Crippen LogP contribution in [-0.4, -0.2) is 33.1 Å². The molecule has 0 saturated heterocycles. The minimum absolute atomic E-state index is 0.0492. The summed E-state index contributed by atoms with van der Waals surface area (Å²) >= 11 is 0. The van der Waals surface area contributed by atoms with Crippen LogP contribution in [0.2, 0.25) is 0 Å². The van der Waals surface area contributed by atoms with Gasteiger partial charge in [-0.15, -0.1) is 0 Å². The van der Waals surface area contributed by atoms with Gasteiger partial charge in [-0.3, -0.25) is 4.68 Å². The van der Waals surface area contributed by atoms with Crippen molar-refractivity contribution in [3.8, 4) is 5.75 Å². The molecule has 2 N–H and O–H groups in total. The predicted molar refractivity (Wildman–Crippen MR) is 94.0 cm³/mol. The van der Waals surface area contributed by atoms with Gasteiger partial charge in [-0.1, -0.05) is 12.1 Å². The Morgan fingerprint density at radius 2 is 2.17 bits per heavy atom. The van der Waals surface area contributed by atoms with E-state index in [2.05, 4.69) is 17.3 Å². The van der Waals surface area contributed by atoms with E-state index < -0.39 is 6.10 Å². The molecule has 24 heavy (non-hydrogen) atoms. The maximum atomic E-state index is 10.7. The molecule has 1 aliphatic carbocycles. The number of nitrogens with one attached hydrogen (secondary N) is 1. The van der Waals surface area contributed by atoms with Gasteiger partial charge in [0, 0.05) is 30.9 Å². The van der Waals surface area contributed by atoms with Crippen LogP contribution in [0.1, 0.15) is 36.1 Å². The Balaban J connectivity index is 1.60. The summed E-state index contributed by atoms with van der Waals surface area (Å²) in [6, 6.07) is 8.05. The van der Waals surface area contributed by atoms with Crippen LogP contribution < -0.4 is 10.1 Å². The Morgan fingerprint density at radius 3 is 2.88 bits per heavy atom. The molecule has 1 heterocycles. The van der Waals surface area contributed by atoms with Gasteiger partial charge in [0.1, 0.15) is 18.0 Å². The Hall–Kier alpha value is -1.85. The molecule has 3 atom stereocenters. The van der Waals surface area contributed by atoms with Crippen molar-refractivity contribution in [3.05, 3.63) is 47.3 Å². The van der Waals surface area contributed by atoms with Crippen molar-refractivity contribution in [2.45, 2.75) is 57.9 Å². The van der Waals surface area contributed by atoms with Crippen LogP contribution in [0.4, 0.5) is 0 Å². The molecule has 1 aromatic heterocycles.